The van der Waals surface area contributed by atoms with Gasteiger partial charge in [0.15, 0.2) is 11.5 Å². The van der Waals surface area contributed by atoms with Crippen molar-refractivity contribution in [1.29, 1.82) is 0 Å². The van der Waals surface area contributed by atoms with E-state index in [-0.39, 0.29) is 0 Å². The molecule has 2 rings (SSSR count). The van der Waals surface area contributed by atoms with Gasteiger partial charge < -0.3 is 14.2 Å². The van der Waals surface area contributed by atoms with Gasteiger partial charge in [-0.05, 0) is 49.6 Å². The Labute approximate surface area is 136 Å². The lowest BCUT2D eigenvalue weighted by molar-refractivity contribution is 0.258. The van der Waals surface area contributed by atoms with Crippen LogP contribution in [0, 0.1) is 6.92 Å². The lowest BCUT2D eigenvalue weighted by Crippen LogP contribution is -2.03. The minimum Gasteiger partial charge on any atom is -0.493 e. The van der Waals surface area contributed by atoms with E-state index in [0.717, 1.165) is 35.7 Å². The second-order valence-corrected chi connectivity index (χ2v) is 5.40. The molecule has 0 aromatic heterocycles. The van der Waals surface area contributed by atoms with Crippen LogP contribution >= 0.6 is 11.6 Å². The lowest BCUT2D eigenvalue weighted by Gasteiger charge is -2.11. The minimum absolute atomic E-state index is 0.623. The summed E-state index contributed by atoms with van der Waals surface area (Å²) in [6.07, 6.45) is 1.81. The maximum atomic E-state index is 6.12. The summed E-state index contributed by atoms with van der Waals surface area (Å²) in [6.45, 7) is 3.26. The van der Waals surface area contributed by atoms with Crippen LogP contribution in [-0.4, -0.2) is 20.3 Å². The van der Waals surface area contributed by atoms with E-state index in [4.69, 9.17) is 25.8 Å². The van der Waals surface area contributed by atoms with Crippen LogP contribution < -0.4 is 14.2 Å². The Morgan fingerprint density at radius 2 is 1.50 bits per heavy atom. The number of halogens is 1. The Balaban J connectivity index is 1.67. The molecule has 0 saturated carbocycles. The van der Waals surface area contributed by atoms with Crippen LogP contribution in [-0.2, 0) is 0 Å². The van der Waals surface area contributed by atoms with Crippen molar-refractivity contribution in [2.45, 2.75) is 19.8 Å². The van der Waals surface area contributed by atoms with Crippen molar-refractivity contribution < 1.29 is 14.2 Å². The summed E-state index contributed by atoms with van der Waals surface area (Å²) in [5.74, 6) is 2.26. The first-order valence-electron chi connectivity index (χ1n) is 7.35. The third-order valence-corrected chi connectivity index (χ3v) is 3.51. The van der Waals surface area contributed by atoms with Crippen molar-refractivity contribution in [2.75, 3.05) is 20.3 Å². The quantitative estimate of drug-likeness (QED) is 0.648. The van der Waals surface area contributed by atoms with Crippen LogP contribution in [0.4, 0.5) is 0 Å². The van der Waals surface area contributed by atoms with Crippen molar-refractivity contribution in [3.8, 4) is 17.2 Å². The van der Waals surface area contributed by atoms with Gasteiger partial charge in [0, 0.05) is 0 Å². The smallest absolute Gasteiger partial charge is 0.161 e. The van der Waals surface area contributed by atoms with Crippen LogP contribution in [0.2, 0.25) is 5.02 Å². The topological polar surface area (TPSA) is 27.7 Å². The molecule has 0 saturated heterocycles. The summed E-state index contributed by atoms with van der Waals surface area (Å²) in [5, 5.41) is 0.658. The number of unbranched alkanes of at least 4 members (excludes halogenated alkanes) is 1. The first-order valence-corrected chi connectivity index (χ1v) is 7.73. The predicted molar refractivity (Wildman–Crippen MR) is 89.4 cm³/mol. The summed E-state index contributed by atoms with van der Waals surface area (Å²) < 4.78 is 16.6. The Morgan fingerprint density at radius 1 is 0.864 bits per heavy atom. The average Bonchev–Trinajstić information content (AvgIpc) is 2.52. The number of aryl methyl sites for hydroxylation is 1. The minimum atomic E-state index is 0.623. The standard InChI is InChI=1S/C18H21ClO3/c1-14-9-10-16(15(19)13-14)21-11-5-6-12-22-18-8-4-3-7-17(18)20-2/h3-4,7-10,13H,5-6,11-12H2,1-2H3. The fraction of sp³-hybridized carbons (Fsp3) is 0.333. The predicted octanol–water partition coefficient (Wildman–Crippen LogP) is 4.90. The molecule has 0 bridgehead atoms. The first-order chi connectivity index (χ1) is 10.7. The van der Waals surface area contributed by atoms with E-state index >= 15 is 0 Å². The maximum Gasteiger partial charge on any atom is 0.161 e. The first kappa shape index (κ1) is 16.5. The summed E-state index contributed by atoms with van der Waals surface area (Å²) >= 11 is 6.12. The molecule has 0 aliphatic carbocycles. The van der Waals surface area contributed by atoms with E-state index in [2.05, 4.69) is 0 Å². The monoisotopic (exact) mass is 320 g/mol. The zero-order valence-electron chi connectivity index (χ0n) is 13.0. The molecule has 0 N–H and O–H groups in total. The van der Waals surface area contributed by atoms with Gasteiger partial charge in [-0.15, -0.1) is 0 Å². The van der Waals surface area contributed by atoms with Gasteiger partial charge in [-0.1, -0.05) is 29.8 Å². The molecular weight excluding hydrogens is 300 g/mol. The summed E-state index contributed by atoms with van der Waals surface area (Å²) in [5.41, 5.74) is 1.13. The molecule has 3 nitrogen and oxygen atoms in total. The molecule has 4 heteroatoms. The van der Waals surface area contributed by atoms with Gasteiger partial charge in [-0.3, -0.25) is 0 Å². The molecular formula is C18H21ClO3. The van der Waals surface area contributed by atoms with Crippen LogP contribution in [0.15, 0.2) is 42.5 Å². The van der Waals surface area contributed by atoms with Gasteiger partial charge in [0.05, 0.1) is 25.3 Å². The molecule has 0 spiro atoms. The highest BCUT2D eigenvalue weighted by molar-refractivity contribution is 6.32. The molecule has 2 aromatic rings. The van der Waals surface area contributed by atoms with Gasteiger partial charge >= 0.3 is 0 Å². The highest BCUT2D eigenvalue weighted by Gasteiger charge is 2.03. The summed E-state index contributed by atoms with van der Waals surface area (Å²) in [7, 11) is 1.64. The van der Waals surface area contributed by atoms with E-state index in [1.165, 1.54) is 0 Å². The molecule has 22 heavy (non-hydrogen) atoms. The van der Waals surface area contributed by atoms with E-state index in [9.17, 15) is 0 Å². The zero-order chi connectivity index (χ0) is 15.8. The second-order valence-electron chi connectivity index (χ2n) is 4.99. The molecule has 0 aliphatic rings. The van der Waals surface area contributed by atoms with E-state index in [0.29, 0.717) is 18.2 Å². The fourth-order valence-electron chi connectivity index (χ4n) is 2.03. The van der Waals surface area contributed by atoms with Crippen LogP contribution in [0.25, 0.3) is 0 Å². The van der Waals surface area contributed by atoms with E-state index < -0.39 is 0 Å². The molecule has 0 radical (unpaired) electrons. The van der Waals surface area contributed by atoms with Crippen molar-refractivity contribution in [3.63, 3.8) is 0 Å². The van der Waals surface area contributed by atoms with Gasteiger partial charge in [-0.25, -0.2) is 0 Å². The number of benzene rings is 2. The largest absolute Gasteiger partial charge is 0.493 e. The van der Waals surface area contributed by atoms with Crippen molar-refractivity contribution in [3.05, 3.63) is 53.1 Å². The fourth-order valence-corrected chi connectivity index (χ4v) is 2.32. The second kappa shape index (κ2) is 8.54. The molecule has 0 fully saturated rings. The molecule has 2 aromatic carbocycles. The van der Waals surface area contributed by atoms with Crippen LogP contribution in [0.3, 0.4) is 0 Å². The number of rotatable bonds is 8. The number of hydrogen-bond acceptors (Lipinski definition) is 3. The molecule has 118 valence electrons. The van der Waals surface area contributed by atoms with Gasteiger partial charge in [0.25, 0.3) is 0 Å². The van der Waals surface area contributed by atoms with E-state index in [1.54, 1.807) is 7.11 Å². The maximum absolute atomic E-state index is 6.12. The van der Waals surface area contributed by atoms with Crippen LogP contribution in [0.1, 0.15) is 18.4 Å². The van der Waals surface area contributed by atoms with Gasteiger partial charge in [-0.2, -0.15) is 0 Å². The summed E-state index contributed by atoms with van der Waals surface area (Å²) in [4.78, 5) is 0. The highest BCUT2D eigenvalue weighted by atomic mass is 35.5. The molecule has 0 heterocycles. The third kappa shape index (κ3) is 4.85. The molecule has 0 amide bonds. The van der Waals surface area contributed by atoms with E-state index in [1.807, 2.05) is 49.4 Å². The SMILES string of the molecule is COc1ccccc1OCCCCOc1ccc(C)cc1Cl. The van der Waals surface area contributed by atoms with Gasteiger partial charge in [0.1, 0.15) is 5.75 Å². The van der Waals surface area contributed by atoms with Crippen molar-refractivity contribution in [1.82, 2.24) is 0 Å². The number of methoxy groups -OCH3 is 1. The molecule has 0 unspecified atom stereocenters. The Kier molecular flexibility index (Phi) is 6.41. The molecule has 0 aliphatic heterocycles. The Hall–Kier alpha value is -1.87. The van der Waals surface area contributed by atoms with Crippen LogP contribution in [0.5, 0.6) is 17.2 Å². The summed E-state index contributed by atoms with van der Waals surface area (Å²) in [6, 6.07) is 13.4. The number of para-hydroxylation sites is 2. The van der Waals surface area contributed by atoms with Gasteiger partial charge in [0.2, 0.25) is 0 Å². The highest BCUT2D eigenvalue weighted by Crippen LogP contribution is 2.26. The zero-order valence-corrected chi connectivity index (χ0v) is 13.7. The Bertz CT molecular complexity index is 599. The number of ether oxygens (including phenoxy) is 3. The number of hydrogen-bond donors (Lipinski definition) is 0. The third-order valence-electron chi connectivity index (χ3n) is 3.21. The molecule has 0 atom stereocenters. The lowest BCUT2D eigenvalue weighted by atomic mass is 10.2. The average molecular weight is 321 g/mol. The Morgan fingerprint density at radius 3 is 2.14 bits per heavy atom. The van der Waals surface area contributed by atoms with Crippen molar-refractivity contribution >= 4 is 11.6 Å². The van der Waals surface area contributed by atoms with Crippen molar-refractivity contribution in [2.24, 2.45) is 0 Å². The normalized spacial score (nSPS) is 10.3.